The zero-order valence-electron chi connectivity index (χ0n) is 7.90. The monoisotopic (exact) mass is 177 g/mol. The minimum Gasteiger partial charge on any atom is -0.366 e. The van der Waals surface area contributed by atoms with E-state index in [0.717, 1.165) is 11.7 Å². The van der Waals surface area contributed by atoms with Crippen molar-refractivity contribution in [1.82, 2.24) is 9.97 Å². The van der Waals surface area contributed by atoms with Gasteiger partial charge in [-0.15, -0.1) is 0 Å². The molecule has 0 spiro atoms. The molecule has 0 amide bonds. The fraction of sp³-hybridized carbons (Fsp3) is 0.600. The Bertz CT molecular complexity index is 256. The first kappa shape index (κ1) is 8.48. The largest absolute Gasteiger partial charge is 0.366 e. The molecule has 13 heavy (non-hydrogen) atoms. The van der Waals surface area contributed by atoms with Gasteiger partial charge in [0.05, 0.1) is 6.20 Å². The lowest BCUT2D eigenvalue weighted by molar-refractivity contribution is 0.285. The molecule has 0 radical (unpaired) electrons. The van der Waals surface area contributed by atoms with Crippen LogP contribution in [0.2, 0.25) is 0 Å². The van der Waals surface area contributed by atoms with E-state index in [2.05, 4.69) is 22.2 Å². The molecule has 0 bridgehead atoms. The summed E-state index contributed by atoms with van der Waals surface area (Å²) in [5, 5.41) is 3.37. The van der Waals surface area contributed by atoms with Crippen LogP contribution in [0.1, 0.15) is 26.2 Å². The van der Waals surface area contributed by atoms with Gasteiger partial charge in [0.15, 0.2) is 0 Å². The molecule has 1 saturated carbocycles. The Morgan fingerprint density at radius 1 is 1.46 bits per heavy atom. The van der Waals surface area contributed by atoms with E-state index in [-0.39, 0.29) is 0 Å². The van der Waals surface area contributed by atoms with Gasteiger partial charge in [-0.1, -0.05) is 6.42 Å². The third-order valence-corrected chi connectivity index (χ3v) is 2.80. The van der Waals surface area contributed by atoms with Crippen LogP contribution in [0.5, 0.6) is 0 Å². The highest BCUT2D eigenvalue weighted by atomic mass is 15.0. The molecular weight excluding hydrogens is 162 g/mol. The Morgan fingerprint density at radius 2 is 2.31 bits per heavy atom. The number of hydrogen-bond donors (Lipinski definition) is 1. The van der Waals surface area contributed by atoms with Gasteiger partial charge in [0.25, 0.3) is 0 Å². The Hall–Kier alpha value is -1.12. The lowest BCUT2D eigenvalue weighted by Gasteiger charge is -2.32. The second kappa shape index (κ2) is 3.73. The molecule has 1 aliphatic rings. The van der Waals surface area contributed by atoms with Crippen LogP contribution in [-0.4, -0.2) is 16.0 Å². The maximum absolute atomic E-state index is 4.19. The average molecular weight is 177 g/mol. The molecule has 1 N–H and O–H groups in total. The summed E-state index contributed by atoms with van der Waals surface area (Å²) in [5.41, 5.74) is 0. The van der Waals surface area contributed by atoms with Gasteiger partial charge in [-0.3, -0.25) is 4.98 Å². The molecule has 1 atom stereocenters. The Balaban J connectivity index is 1.90. The average Bonchev–Trinajstić information content (AvgIpc) is 2.02. The standard InChI is InChI=1S/C10H15N3/c1-8(9-3-2-4-9)13-10-7-11-5-6-12-10/h5-9H,2-4H2,1H3,(H,12,13)/t8-/m1/s1. The fourth-order valence-corrected chi connectivity index (χ4v) is 1.66. The predicted octanol–water partition coefficient (Wildman–Crippen LogP) is 2.08. The van der Waals surface area contributed by atoms with Crippen LogP contribution in [-0.2, 0) is 0 Å². The van der Waals surface area contributed by atoms with Crippen LogP contribution in [0.25, 0.3) is 0 Å². The summed E-state index contributed by atoms with van der Waals surface area (Å²) in [5.74, 6) is 1.73. The van der Waals surface area contributed by atoms with Gasteiger partial charge in [-0.2, -0.15) is 0 Å². The fourth-order valence-electron chi connectivity index (χ4n) is 1.66. The molecule has 0 aliphatic heterocycles. The second-order valence-electron chi connectivity index (χ2n) is 3.71. The van der Waals surface area contributed by atoms with Crippen LogP contribution in [0, 0.1) is 5.92 Å². The minimum atomic E-state index is 0.533. The molecule has 1 aromatic rings. The lowest BCUT2D eigenvalue weighted by atomic mass is 9.80. The van der Waals surface area contributed by atoms with Crippen LogP contribution >= 0.6 is 0 Å². The first-order valence-electron chi connectivity index (χ1n) is 4.89. The number of hydrogen-bond acceptors (Lipinski definition) is 3. The summed E-state index contributed by atoms with van der Waals surface area (Å²) in [6.07, 6.45) is 9.28. The predicted molar refractivity (Wildman–Crippen MR) is 52.5 cm³/mol. The van der Waals surface area contributed by atoms with E-state index in [9.17, 15) is 0 Å². The van der Waals surface area contributed by atoms with Gasteiger partial charge in [0.1, 0.15) is 5.82 Å². The Labute approximate surface area is 78.6 Å². The van der Waals surface area contributed by atoms with Gasteiger partial charge >= 0.3 is 0 Å². The van der Waals surface area contributed by atoms with Crippen molar-refractivity contribution in [3.63, 3.8) is 0 Å². The van der Waals surface area contributed by atoms with Crippen LogP contribution in [0.4, 0.5) is 5.82 Å². The molecule has 1 fully saturated rings. The number of aromatic nitrogens is 2. The van der Waals surface area contributed by atoms with Crippen LogP contribution in [0.3, 0.4) is 0 Å². The Kier molecular flexibility index (Phi) is 2.43. The van der Waals surface area contributed by atoms with Crippen molar-refractivity contribution in [1.29, 1.82) is 0 Å². The molecule has 3 heteroatoms. The van der Waals surface area contributed by atoms with Gasteiger partial charge in [-0.05, 0) is 25.7 Å². The van der Waals surface area contributed by atoms with Crippen molar-refractivity contribution < 1.29 is 0 Å². The molecule has 70 valence electrons. The normalized spacial score (nSPS) is 19.2. The zero-order chi connectivity index (χ0) is 9.10. The minimum absolute atomic E-state index is 0.533. The van der Waals surface area contributed by atoms with Crippen molar-refractivity contribution in [3.8, 4) is 0 Å². The van der Waals surface area contributed by atoms with E-state index in [1.807, 2.05) is 0 Å². The summed E-state index contributed by atoms with van der Waals surface area (Å²) in [6.45, 7) is 2.22. The van der Waals surface area contributed by atoms with E-state index in [4.69, 9.17) is 0 Å². The third kappa shape index (κ3) is 1.97. The maximum Gasteiger partial charge on any atom is 0.144 e. The third-order valence-electron chi connectivity index (χ3n) is 2.80. The molecule has 1 aliphatic carbocycles. The molecule has 0 unspecified atom stereocenters. The second-order valence-corrected chi connectivity index (χ2v) is 3.71. The maximum atomic E-state index is 4.19. The molecule has 0 aromatic carbocycles. The topological polar surface area (TPSA) is 37.8 Å². The lowest BCUT2D eigenvalue weighted by Crippen LogP contribution is -2.31. The molecule has 1 heterocycles. The Morgan fingerprint density at radius 3 is 2.85 bits per heavy atom. The van der Waals surface area contributed by atoms with Crippen molar-refractivity contribution >= 4 is 5.82 Å². The highest BCUT2D eigenvalue weighted by molar-refractivity contribution is 5.31. The van der Waals surface area contributed by atoms with Crippen molar-refractivity contribution in [2.45, 2.75) is 32.2 Å². The summed E-state index contributed by atoms with van der Waals surface area (Å²) in [7, 11) is 0. The number of rotatable bonds is 3. The molecular formula is C10H15N3. The van der Waals surface area contributed by atoms with Gasteiger partial charge in [-0.25, -0.2) is 4.98 Å². The van der Waals surface area contributed by atoms with Crippen molar-refractivity contribution in [3.05, 3.63) is 18.6 Å². The molecule has 1 aromatic heterocycles. The van der Waals surface area contributed by atoms with E-state index in [1.165, 1.54) is 19.3 Å². The van der Waals surface area contributed by atoms with E-state index in [0.29, 0.717) is 6.04 Å². The van der Waals surface area contributed by atoms with Crippen molar-refractivity contribution in [2.75, 3.05) is 5.32 Å². The first-order chi connectivity index (χ1) is 6.36. The summed E-state index contributed by atoms with van der Waals surface area (Å²) < 4.78 is 0. The summed E-state index contributed by atoms with van der Waals surface area (Å²) in [6, 6.07) is 0.533. The van der Waals surface area contributed by atoms with Crippen LogP contribution in [0.15, 0.2) is 18.6 Å². The summed E-state index contributed by atoms with van der Waals surface area (Å²) >= 11 is 0. The zero-order valence-corrected chi connectivity index (χ0v) is 7.90. The quantitative estimate of drug-likeness (QED) is 0.768. The van der Waals surface area contributed by atoms with Crippen molar-refractivity contribution in [2.24, 2.45) is 5.92 Å². The number of anilines is 1. The smallest absolute Gasteiger partial charge is 0.144 e. The molecule has 2 rings (SSSR count). The number of nitrogens with one attached hydrogen (secondary N) is 1. The van der Waals surface area contributed by atoms with Gasteiger partial charge < -0.3 is 5.32 Å². The summed E-state index contributed by atoms with van der Waals surface area (Å²) in [4.78, 5) is 8.20. The highest BCUT2D eigenvalue weighted by Crippen LogP contribution is 2.30. The molecule has 0 saturated heterocycles. The van der Waals surface area contributed by atoms with E-state index in [1.54, 1.807) is 18.6 Å². The van der Waals surface area contributed by atoms with Crippen LogP contribution < -0.4 is 5.32 Å². The van der Waals surface area contributed by atoms with Gasteiger partial charge in [0, 0.05) is 18.4 Å². The van der Waals surface area contributed by atoms with Gasteiger partial charge in [0.2, 0.25) is 0 Å². The molecule has 3 nitrogen and oxygen atoms in total. The SMILES string of the molecule is C[C@@H](Nc1cnccn1)C1CCC1. The first-order valence-corrected chi connectivity index (χ1v) is 4.89. The number of nitrogens with zero attached hydrogens (tertiary/aromatic N) is 2. The highest BCUT2D eigenvalue weighted by Gasteiger charge is 2.23. The van der Waals surface area contributed by atoms with E-state index < -0.39 is 0 Å². The van der Waals surface area contributed by atoms with E-state index >= 15 is 0 Å².